The number of nitrogens with zero attached hydrogens (tertiary/aromatic N) is 1. The summed E-state index contributed by atoms with van der Waals surface area (Å²) in [6.45, 7) is 0. The maximum absolute atomic E-state index is 12.6. The second kappa shape index (κ2) is 4.64. The van der Waals surface area contributed by atoms with Gasteiger partial charge in [0, 0.05) is 0 Å². The molecular weight excluding hydrogens is 308 g/mol. The fourth-order valence-corrected chi connectivity index (χ4v) is 1.73. The zero-order valence-corrected chi connectivity index (χ0v) is 9.79. The predicted molar refractivity (Wildman–Crippen MR) is 55.8 cm³/mol. The van der Waals surface area contributed by atoms with Crippen molar-refractivity contribution in [3.8, 4) is 0 Å². The van der Waals surface area contributed by atoms with Crippen molar-refractivity contribution in [3.63, 3.8) is 0 Å². The minimum Gasteiger partial charge on any atom is -0.478 e. The number of fused-ring (bicyclic) bond motifs is 1. The van der Waals surface area contributed by atoms with Crippen LogP contribution in [0.5, 0.6) is 0 Å². The number of benzene rings is 1. The van der Waals surface area contributed by atoms with Crippen molar-refractivity contribution in [1.82, 2.24) is 4.98 Å². The molecule has 0 amide bonds. The molecule has 4 nitrogen and oxygen atoms in total. The fraction of sp³-hybridized carbons (Fsp3) is 0.273. The lowest BCUT2D eigenvalue weighted by molar-refractivity contribution is -0.258. The van der Waals surface area contributed by atoms with Crippen molar-refractivity contribution in [1.29, 1.82) is 0 Å². The van der Waals surface area contributed by atoms with E-state index in [-0.39, 0.29) is 0 Å². The average molecular weight is 313 g/mol. The highest BCUT2D eigenvalue weighted by Gasteiger charge is 2.60. The third kappa shape index (κ3) is 2.78. The lowest BCUT2D eigenvalue weighted by Crippen LogP contribution is -2.34. The molecular formula is C11H5F6NO3. The molecule has 1 N–H and O–H groups in total. The Morgan fingerprint density at radius 1 is 1.14 bits per heavy atom. The van der Waals surface area contributed by atoms with Crippen molar-refractivity contribution in [3.05, 3.63) is 29.7 Å². The van der Waals surface area contributed by atoms with Gasteiger partial charge in [0.25, 0.3) is 0 Å². The summed E-state index contributed by atoms with van der Waals surface area (Å²) in [5.41, 5.74) is -1.59. The molecule has 0 aliphatic rings. The Morgan fingerprint density at radius 3 is 2.19 bits per heavy atom. The molecule has 1 aromatic carbocycles. The van der Waals surface area contributed by atoms with Crippen LogP contribution in [-0.2, 0) is 0 Å². The van der Waals surface area contributed by atoms with Gasteiger partial charge in [0.15, 0.2) is 5.58 Å². The van der Waals surface area contributed by atoms with E-state index < -0.39 is 46.8 Å². The van der Waals surface area contributed by atoms with Gasteiger partial charge in [-0.3, -0.25) is 0 Å². The molecule has 2 rings (SSSR count). The van der Waals surface area contributed by atoms with Gasteiger partial charge in [0.2, 0.25) is 11.8 Å². The molecule has 10 heteroatoms. The Hall–Kier alpha value is -2.26. The summed E-state index contributed by atoms with van der Waals surface area (Å²) in [6, 6.07) is 3.15. The maximum Gasteiger partial charge on any atom is 0.409 e. The number of carbonyl (C=O) groups is 1. The number of aromatic nitrogens is 1. The molecule has 0 bridgehead atoms. The topological polar surface area (TPSA) is 63.3 Å². The predicted octanol–water partition coefficient (Wildman–Crippen LogP) is 3.73. The number of aromatic carboxylic acids is 1. The van der Waals surface area contributed by atoms with Crippen LogP contribution in [0.1, 0.15) is 22.2 Å². The molecule has 0 atom stereocenters. The van der Waals surface area contributed by atoms with E-state index >= 15 is 0 Å². The van der Waals surface area contributed by atoms with Gasteiger partial charge in [0.1, 0.15) is 5.52 Å². The second-order valence-corrected chi connectivity index (χ2v) is 4.03. The van der Waals surface area contributed by atoms with Crippen molar-refractivity contribution < 1.29 is 40.7 Å². The first-order chi connectivity index (χ1) is 9.51. The van der Waals surface area contributed by atoms with Crippen LogP contribution < -0.4 is 0 Å². The number of oxazole rings is 1. The monoisotopic (exact) mass is 313 g/mol. The smallest absolute Gasteiger partial charge is 0.409 e. The summed E-state index contributed by atoms with van der Waals surface area (Å²) in [7, 11) is 0. The minimum atomic E-state index is -5.66. The van der Waals surface area contributed by atoms with E-state index in [1.54, 1.807) is 0 Å². The summed E-state index contributed by atoms with van der Waals surface area (Å²) in [6.07, 6.45) is -11.3. The highest BCUT2D eigenvalue weighted by Crippen LogP contribution is 2.46. The van der Waals surface area contributed by atoms with E-state index in [2.05, 4.69) is 9.40 Å². The largest absolute Gasteiger partial charge is 0.478 e. The van der Waals surface area contributed by atoms with Crippen LogP contribution in [0.4, 0.5) is 26.3 Å². The fourth-order valence-electron chi connectivity index (χ4n) is 1.73. The molecule has 0 fully saturated rings. The lowest BCUT2D eigenvalue weighted by Gasteiger charge is -2.19. The molecule has 0 aliphatic heterocycles. The average Bonchev–Trinajstić information content (AvgIpc) is 2.66. The quantitative estimate of drug-likeness (QED) is 0.858. The van der Waals surface area contributed by atoms with Crippen LogP contribution in [0.25, 0.3) is 11.1 Å². The normalized spacial score (nSPS) is 13.1. The van der Waals surface area contributed by atoms with Gasteiger partial charge in [-0.15, -0.1) is 0 Å². The van der Waals surface area contributed by atoms with Gasteiger partial charge in [-0.2, -0.15) is 26.3 Å². The van der Waals surface area contributed by atoms with Gasteiger partial charge < -0.3 is 9.52 Å². The van der Waals surface area contributed by atoms with Gasteiger partial charge in [-0.05, 0) is 12.1 Å². The van der Waals surface area contributed by atoms with Crippen LogP contribution >= 0.6 is 0 Å². The molecule has 21 heavy (non-hydrogen) atoms. The molecule has 2 aromatic rings. The van der Waals surface area contributed by atoms with Gasteiger partial charge in [0.05, 0.1) is 5.56 Å². The summed E-state index contributed by atoms with van der Waals surface area (Å²) >= 11 is 0. The van der Waals surface area contributed by atoms with Crippen LogP contribution in [-0.4, -0.2) is 28.4 Å². The Balaban J connectivity index is 2.66. The lowest BCUT2D eigenvalue weighted by atomic mass is 10.1. The standard InChI is InChI=1S/C11H5F6NO3/c12-10(13,14)7(11(15,16)17)8-18-6-4(9(19)20)2-1-3-5(6)21-8/h1-3,7H,(H,19,20). The van der Waals surface area contributed by atoms with Crippen LogP contribution in [0.3, 0.4) is 0 Å². The van der Waals surface area contributed by atoms with E-state index in [1.807, 2.05) is 0 Å². The van der Waals surface area contributed by atoms with E-state index in [1.165, 1.54) is 0 Å². The number of halogens is 6. The molecule has 1 aromatic heterocycles. The molecule has 0 saturated carbocycles. The first-order valence-corrected chi connectivity index (χ1v) is 5.28. The number of hydrogen-bond donors (Lipinski definition) is 1. The van der Waals surface area contributed by atoms with Crippen molar-refractivity contribution in [2.45, 2.75) is 18.3 Å². The highest BCUT2D eigenvalue weighted by atomic mass is 19.4. The molecule has 0 spiro atoms. The van der Waals surface area contributed by atoms with Crippen LogP contribution in [0, 0.1) is 0 Å². The first kappa shape index (κ1) is 15.1. The zero-order chi connectivity index (χ0) is 16.0. The molecule has 1 heterocycles. The number of hydrogen-bond acceptors (Lipinski definition) is 3. The van der Waals surface area contributed by atoms with E-state index in [9.17, 15) is 31.1 Å². The van der Waals surface area contributed by atoms with Crippen molar-refractivity contribution >= 4 is 17.1 Å². The number of carboxylic acid groups (broad SMARTS) is 1. The third-order valence-corrected chi connectivity index (χ3v) is 2.57. The summed E-state index contributed by atoms with van der Waals surface area (Å²) < 4.78 is 79.8. The number of rotatable bonds is 2. The van der Waals surface area contributed by atoms with E-state index in [0.29, 0.717) is 0 Å². The summed E-state index contributed by atoms with van der Waals surface area (Å²) in [5.74, 6) is -7.10. The van der Waals surface area contributed by atoms with Crippen molar-refractivity contribution in [2.24, 2.45) is 0 Å². The molecule has 0 radical (unpaired) electrons. The zero-order valence-electron chi connectivity index (χ0n) is 9.79. The molecule has 0 aliphatic carbocycles. The summed E-state index contributed by atoms with van der Waals surface area (Å²) in [4.78, 5) is 13.9. The Bertz CT molecular complexity index is 673. The number of carboxylic acids is 1. The Kier molecular flexibility index (Phi) is 3.34. The number of alkyl halides is 6. The maximum atomic E-state index is 12.6. The van der Waals surface area contributed by atoms with Gasteiger partial charge >= 0.3 is 18.3 Å². The van der Waals surface area contributed by atoms with Crippen molar-refractivity contribution in [2.75, 3.05) is 0 Å². The Labute approximate surface area is 112 Å². The first-order valence-electron chi connectivity index (χ1n) is 5.28. The van der Waals surface area contributed by atoms with Gasteiger partial charge in [-0.1, -0.05) is 6.07 Å². The van der Waals surface area contributed by atoms with Crippen LogP contribution in [0.2, 0.25) is 0 Å². The molecule has 0 unspecified atom stereocenters. The Morgan fingerprint density at radius 2 is 1.71 bits per heavy atom. The second-order valence-electron chi connectivity index (χ2n) is 4.03. The third-order valence-electron chi connectivity index (χ3n) is 2.57. The van der Waals surface area contributed by atoms with Gasteiger partial charge in [-0.25, -0.2) is 9.78 Å². The molecule has 114 valence electrons. The molecule has 0 saturated heterocycles. The number of para-hydroxylation sites is 1. The van der Waals surface area contributed by atoms with Crippen LogP contribution in [0.15, 0.2) is 22.6 Å². The van der Waals surface area contributed by atoms with E-state index in [4.69, 9.17) is 5.11 Å². The minimum absolute atomic E-state index is 0.469. The van der Waals surface area contributed by atoms with E-state index in [0.717, 1.165) is 18.2 Å². The highest BCUT2D eigenvalue weighted by molar-refractivity contribution is 6.00. The SMILES string of the molecule is O=C(O)c1cccc2oc(C(C(F)(F)F)C(F)(F)F)nc12. The summed E-state index contributed by atoms with van der Waals surface area (Å²) in [5, 5.41) is 8.82.